The molecule has 0 aliphatic heterocycles. The normalized spacial score (nSPS) is 11.8. The van der Waals surface area contributed by atoms with E-state index in [2.05, 4.69) is 5.16 Å². The van der Waals surface area contributed by atoms with Crippen molar-refractivity contribution in [3.8, 4) is 0 Å². The Morgan fingerprint density at radius 2 is 2.25 bits per heavy atom. The number of rotatable bonds is 5. The van der Waals surface area contributed by atoms with Crippen LogP contribution in [-0.2, 0) is 0 Å². The van der Waals surface area contributed by atoms with Gasteiger partial charge in [-0.2, -0.15) is 0 Å². The Morgan fingerprint density at radius 3 is 2.81 bits per heavy atom. The van der Waals surface area contributed by atoms with Gasteiger partial charge in [-0.3, -0.25) is 0 Å². The fraction of sp³-hybridized carbons (Fsp3) is 0.364. The lowest BCUT2D eigenvalue weighted by Gasteiger charge is -2.06. The lowest BCUT2D eigenvalue weighted by molar-refractivity contribution is 0.296. The molecule has 1 aromatic carbocycles. The molecule has 0 saturated heterocycles. The zero-order valence-electron chi connectivity index (χ0n) is 9.18. The van der Waals surface area contributed by atoms with Crippen LogP contribution in [0.4, 0.5) is 0 Å². The first-order chi connectivity index (χ1) is 7.69. The molecule has 5 heteroatoms. The number of nitrogens with zero attached hydrogens (tertiary/aromatic N) is 1. The molecule has 4 nitrogen and oxygen atoms in total. The number of amidine groups is 1. The fourth-order valence-electron chi connectivity index (χ4n) is 1.32. The highest BCUT2D eigenvalue weighted by atomic mass is 32.2. The molecule has 0 aromatic heterocycles. The quantitative estimate of drug-likeness (QED) is 0.182. The lowest BCUT2D eigenvalue weighted by atomic mass is 10.1. The van der Waals surface area contributed by atoms with Crippen LogP contribution >= 0.6 is 11.8 Å². The maximum atomic E-state index is 8.67. The van der Waals surface area contributed by atoms with Crippen LogP contribution in [0.25, 0.3) is 0 Å². The van der Waals surface area contributed by atoms with Gasteiger partial charge in [0.1, 0.15) is 0 Å². The van der Waals surface area contributed by atoms with Gasteiger partial charge in [0, 0.05) is 22.8 Å². The molecule has 0 heterocycles. The van der Waals surface area contributed by atoms with Crippen LogP contribution in [0.5, 0.6) is 0 Å². The van der Waals surface area contributed by atoms with Gasteiger partial charge in [-0.15, -0.1) is 11.8 Å². The van der Waals surface area contributed by atoms with Crippen molar-refractivity contribution in [3.05, 3.63) is 29.3 Å². The minimum absolute atomic E-state index is 0.129. The van der Waals surface area contributed by atoms with Gasteiger partial charge in [0.25, 0.3) is 0 Å². The van der Waals surface area contributed by atoms with Gasteiger partial charge in [0.2, 0.25) is 0 Å². The Balaban J connectivity index is 2.75. The van der Waals surface area contributed by atoms with E-state index >= 15 is 0 Å². The maximum Gasteiger partial charge on any atom is 0.170 e. The van der Waals surface area contributed by atoms with E-state index in [1.807, 2.05) is 25.1 Å². The van der Waals surface area contributed by atoms with E-state index < -0.39 is 0 Å². The molecule has 0 spiro atoms. The minimum Gasteiger partial charge on any atom is -0.409 e. The SMILES string of the molecule is Cc1cc(SCCCO)ccc1/C(N)=N/O. The van der Waals surface area contributed by atoms with Gasteiger partial charge in [0.15, 0.2) is 5.84 Å². The topological polar surface area (TPSA) is 78.8 Å². The van der Waals surface area contributed by atoms with Crippen molar-refractivity contribution in [2.45, 2.75) is 18.2 Å². The van der Waals surface area contributed by atoms with E-state index in [9.17, 15) is 0 Å². The monoisotopic (exact) mass is 240 g/mol. The molecule has 0 amide bonds. The first-order valence-electron chi connectivity index (χ1n) is 5.01. The number of benzene rings is 1. The van der Waals surface area contributed by atoms with Crippen LogP contribution < -0.4 is 5.73 Å². The van der Waals surface area contributed by atoms with Gasteiger partial charge in [-0.25, -0.2) is 0 Å². The summed E-state index contributed by atoms with van der Waals surface area (Å²) in [6, 6.07) is 5.77. The summed E-state index contributed by atoms with van der Waals surface area (Å²) in [5, 5.41) is 20.2. The smallest absolute Gasteiger partial charge is 0.170 e. The van der Waals surface area contributed by atoms with Crippen molar-refractivity contribution >= 4 is 17.6 Å². The summed E-state index contributed by atoms with van der Waals surface area (Å²) in [7, 11) is 0. The van der Waals surface area contributed by atoms with Crippen molar-refractivity contribution in [1.82, 2.24) is 0 Å². The van der Waals surface area contributed by atoms with Gasteiger partial charge in [0.05, 0.1) is 0 Å². The minimum atomic E-state index is 0.129. The van der Waals surface area contributed by atoms with E-state index in [1.165, 1.54) is 0 Å². The van der Waals surface area contributed by atoms with Crippen LogP contribution in [-0.4, -0.2) is 28.5 Å². The maximum absolute atomic E-state index is 8.67. The third-order valence-corrected chi connectivity index (χ3v) is 3.23. The number of thioether (sulfide) groups is 1. The van der Waals surface area contributed by atoms with Gasteiger partial charge >= 0.3 is 0 Å². The number of aryl methyl sites for hydroxylation is 1. The molecule has 88 valence electrons. The van der Waals surface area contributed by atoms with Crippen LogP contribution in [0, 0.1) is 6.92 Å². The number of aliphatic hydroxyl groups excluding tert-OH is 1. The summed E-state index contributed by atoms with van der Waals surface area (Å²) in [4.78, 5) is 1.13. The zero-order chi connectivity index (χ0) is 12.0. The Bertz CT molecular complexity index is 380. The van der Waals surface area contributed by atoms with Crippen molar-refractivity contribution < 1.29 is 10.3 Å². The highest BCUT2D eigenvalue weighted by molar-refractivity contribution is 7.99. The van der Waals surface area contributed by atoms with Crippen LogP contribution in [0.15, 0.2) is 28.3 Å². The number of nitrogens with two attached hydrogens (primary N) is 1. The molecule has 0 bridgehead atoms. The molecule has 0 fully saturated rings. The molecular formula is C11H16N2O2S. The Labute approximate surface area is 99.2 Å². The Hall–Kier alpha value is -1.20. The molecule has 0 saturated carbocycles. The van der Waals surface area contributed by atoms with E-state index in [1.54, 1.807) is 11.8 Å². The standard InChI is InChI=1S/C11H16N2O2S/c1-8-7-9(16-6-2-5-14)3-4-10(8)11(12)13-15/h3-4,7,14-15H,2,5-6H2,1H3,(H2,12,13). The lowest BCUT2D eigenvalue weighted by Crippen LogP contribution is -2.14. The van der Waals surface area contributed by atoms with E-state index in [0.29, 0.717) is 0 Å². The first-order valence-corrected chi connectivity index (χ1v) is 5.99. The van der Waals surface area contributed by atoms with Gasteiger partial charge in [-0.05, 0) is 37.1 Å². The molecule has 1 rings (SSSR count). The van der Waals surface area contributed by atoms with Gasteiger partial charge < -0.3 is 16.0 Å². The second-order valence-corrected chi connectivity index (χ2v) is 4.56. The summed E-state index contributed by atoms with van der Waals surface area (Å²) in [5.41, 5.74) is 7.25. The average Bonchev–Trinajstić information content (AvgIpc) is 2.29. The molecule has 0 unspecified atom stereocenters. The predicted molar refractivity (Wildman–Crippen MR) is 66.1 cm³/mol. The number of hydrogen-bond donors (Lipinski definition) is 3. The molecule has 16 heavy (non-hydrogen) atoms. The van der Waals surface area contributed by atoms with Crippen molar-refractivity contribution in [1.29, 1.82) is 0 Å². The summed E-state index contributed by atoms with van der Waals surface area (Å²) >= 11 is 1.68. The third-order valence-electron chi connectivity index (χ3n) is 2.15. The van der Waals surface area contributed by atoms with Crippen molar-refractivity contribution in [2.75, 3.05) is 12.4 Å². The van der Waals surface area contributed by atoms with Crippen LogP contribution in [0.2, 0.25) is 0 Å². The molecule has 0 atom stereocenters. The second kappa shape index (κ2) is 6.40. The second-order valence-electron chi connectivity index (χ2n) is 3.39. The van der Waals surface area contributed by atoms with Crippen molar-refractivity contribution in [3.63, 3.8) is 0 Å². The fourth-order valence-corrected chi connectivity index (χ4v) is 2.26. The van der Waals surface area contributed by atoms with Crippen LogP contribution in [0.3, 0.4) is 0 Å². The van der Waals surface area contributed by atoms with E-state index in [0.717, 1.165) is 28.2 Å². The summed E-state index contributed by atoms with van der Waals surface area (Å²) < 4.78 is 0. The number of aliphatic hydroxyl groups is 1. The molecule has 1 aromatic rings. The summed E-state index contributed by atoms with van der Waals surface area (Å²) in [6.07, 6.45) is 0.783. The molecule has 0 radical (unpaired) electrons. The predicted octanol–water partition coefficient (Wildman–Crippen LogP) is 1.56. The van der Waals surface area contributed by atoms with E-state index in [4.69, 9.17) is 16.0 Å². The Morgan fingerprint density at radius 1 is 1.50 bits per heavy atom. The summed E-state index contributed by atoms with van der Waals surface area (Å²) in [5.74, 6) is 1.02. The third kappa shape index (κ3) is 3.43. The van der Waals surface area contributed by atoms with Crippen molar-refractivity contribution in [2.24, 2.45) is 10.9 Å². The first kappa shape index (κ1) is 12.9. The molecular weight excluding hydrogens is 224 g/mol. The van der Waals surface area contributed by atoms with Gasteiger partial charge in [-0.1, -0.05) is 5.16 Å². The Kier molecular flexibility index (Phi) is 5.14. The highest BCUT2D eigenvalue weighted by Gasteiger charge is 2.04. The highest BCUT2D eigenvalue weighted by Crippen LogP contribution is 2.21. The van der Waals surface area contributed by atoms with E-state index in [-0.39, 0.29) is 12.4 Å². The number of oxime groups is 1. The van der Waals surface area contributed by atoms with Crippen LogP contribution in [0.1, 0.15) is 17.5 Å². The zero-order valence-corrected chi connectivity index (χ0v) is 10.00. The molecule has 0 aliphatic rings. The molecule has 4 N–H and O–H groups in total. The largest absolute Gasteiger partial charge is 0.409 e. The summed E-state index contributed by atoms with van der Waals surface area (Å²) in [6.45, 7) is 2.14. The molecule has 0 aliphatic carbocycles. The average molecular weight is 240 g/mol. The number of hydrogen-bond acceptors (Lipinski definition) is 4.